The van der Waals surface area contributed by atoms with Gasteiger partial charge in [0, 0.05) is 39.7 Å². The van der Waals surface area contributed by atoms with Gasteiger partial charge in [0.2, 0.25) is 0 Å². The quantitative estimate of drug-likeness (QED) is 0.535. The molecule has 2 heterocycles. The summed E-state index contributed by atoms with van der Waals surface area (Å²) in [5.41, 5.74) is 0. The van der Waals surface area contributed by atoms with E-state index in [1.54, 1.807) is 0 Å². The molecule has 6 heteroatoms. The molecule has 0 aromatic rings. The normalized spacial score (nSPS) is 34.2. The van der Waals surface area contributed by atoms with E-state index < -0.39 is 5.79 Å². The summed E-state index contributed by atoms with van der Waals surface area (Å²) < 4.78 is 16.4. The Morgan fingerprint density at radius 2 is 1.94 bits per heavy atom. The van der Waals surface area contributed by atoms with Crippen LogP contribution < -0.4 is 10.6 Å². The van der Waals surface area contributed by atoms with Crippen molar-refractivity contribution < 1.29 is 19.3 Å². The summed E-state index contributed by atoms with van der Waals surface area (Å²) in [5.74, 6) is -1.28. The van der Waals surface area contributed by atoms with Crippen molar-refractivity contribution in [3.05, 3.63) is 0 Å². The summed E-state index contributed by atoms with van der Waals surface area (Å²) in [4.78, 5) is 0. The molecule has 0 spiro atoms. The average molecular weight is 246 g/mol. The molecule has 17 heavy (non-hydrogen) atoms. The number of hydrogen-bond donors (Lipinski definition) is 3. The molecule has 0 radical (unpaired) electrons. The molecule has 0 bridgehead atoms. The Hall–Kier alpha value is -0.240. The van der Waals surface area contributed by atoms with Gasteiger partial charge in [-0.3, -0.25) is 0 Å². The van der Waals surface area contributed by atoms with E-state index in [1.807, 2.05) is 0 Å². The van der Waals surface area contributed by atoms with E-state index in [0.29, 0.717) is 26.2 Å². The van der Waals surface area contributed by atoms with Crippen LogP contribution in [0.25, 0.3) is 0 Å². The van der Waals surface area contributed by atoms with Crippen molar-refractivity contribution in [2.75, 3.05) is 46.5 Å². The van der Waals surface area contributed by atoms with Crippen LogP contribution in [0.15, 0.2) is 0 Å². The Kier molecular flexibility index (Phi) is 4.72. The smallest absolute Gasteiger partial charge is 0.195 e. The Morgan fingerprint density at radius 1 is 1.24 bits per heavy atom. The third kappa shape index (κ3) is 3.37. The zero-order valence-corrected chi connectivity index (χ0v) is 10.3. The Labute approximate surface area is 102 Å². The number of ether oxygens (including phenoxy) is 3. The van der Waals surface area contributed by atoms with Crippen molar-refractivity contribution >= 4 is 0 Å². The lowest BCUT2D eigenvalue weighted by molar-refractivity contribution is -0.272. The summed E-state index contributed by atoms with van der Waals surface area (Å²) in [6.45, 7) is 4.30. The average Bonchev–Trinajstić information content (AvgIpc) is 2.41. The maximum absolute atomic E-state index is 10.5. The van der Waals surface area contributed by atoms with Crippen LogP contribution >= 0.6 is 0 Å². The maximum Gasteiger partial charge on any atom is 0.195 e. The molecule has 0 amide bonds. The molecule has 0 aromatic carbocycles. The minimum atomic E-state index is -1.28. The molecule has 3 unspecified atom stereocenters. The van der Waals surface area contributed by atoms with Gasteiger partial charge in [-0.15, -0.1) is 0 Å². The Morgan fingerprint density at radius 3 is 2.47 bits per heavy atom. The molecule has 100 valence electrons. The molecule has 2 rings (SSSR count). The Bertz CT molecular complexity index is 230. The predicted molar refractivity (Wildman–Crippen MR) is 61.8 cm³/mol. The van der Waals surface area contributed by atoms with Gasteiger partial charge in [0.15, 0.2) is 5.79 Å². The van der Waals surface area contributed by atoms with Crippen molar-refractivity contribution in [2.24, 2.45) is 0 Å². The molecule has 3 atom stereocenters. The fourth-order valence-corrected chi connectivity index (χ4v) is 2.28. The van der Waals surface area contributed by atoms with E-state index in [-0.39, 0.29) is 12.2 Å². The summed E-state index contributed by atoms with van der Waals surface area (Å²) in [7, 11) is 1.51. The summed E-state index contributed by atoms with van der Waals surface area (Å²) in [6.07, 6.45) is 0.0500. The van der Waals surface area contributed by atoms with E-state index in [0.717, 1.165) is 19.6 Å². The highest BCUT2D eigenvalue weighted by Gasteiger charge is 2.41. The van der Waals surface area contributed by atoms with E-state index >= 15 is 0 Å². The second-order valence-corrected chi connectivity index (χ2v) is 4.51. The number of aliphatic hydroxyl groups is 1. The van der Waals surface area contributed by atoms with Crippen LogP contribution in [0, 0.1) is 0 Å². The van der Waals surface area contributed by atoms with Crippen LogP contribution in [0.4, 0.5) is 0 Å². The van der Waals surface area contributed by atoms with Crippen molar-refractivity contribution in [3.63, 3.8) is 0 Å². The number of nitrogens with one attached hydrogen (secondary N) is 2. The first-order valence-electron chi connectivity index (χ1n) is 6.17. The van der Waals surface area contributed by atoms with Crippen molar-refractivity contribution in [1.29, 1.82) is 0 Å². The molecular weight excluding hydrogens is 224 g/mol. The van der Waals surface area contributed by atoms with Gasteiger partial charge in [0.25, 0.3) is 0 Å². The van der Waals surface area contributed by atoms with Gasteiger partial charge in [-0.2, -0.15) is 0 Å². The van der Waals surface area contributed by atoms with Crippen LogP contribution in [0.3, 0.4) is 0 Å². The molecule has 0 saturated carbocycles. The summed E-state index contributed by atoms with van der Waals surface area (Å²) in [6, 6.07) is 0. The monoisotopic (exact) mass is 246 g/mol. The first-order valence-corrected chi connectivity index (χ1v) is 6.17. The van der Waals surface area contributed by atoms with Gasteiger partial charge in [-0.1, -0.05) is 0 Å². The highest BCUT2D eigenvalue weighted by atomic mass is 16.6. The summed E-state index contributed by atoms with van der Waals surface area (Å²) >= 11 is 0. The zero-order chi connectivity index (χ0) is 12.1. The second kappa shape index (κ2) is 6.08. The van der Waals surface area contributed by atoms with Gasteiger partial charge >= 0.3 is 0 Å². The number of hydrogen-bond acceptors (Lipinski definition) is 6. The van der Waals surface area contributed by atoms with Gasteiger partial charge in [-0.25, -0.2) is 0 Å². The third-order valence-electron chi connectivity index (χ3n) is 3.31. The van der Waals surface area contributed by atoms with E-state index in [2.05, 4.69) is 10.6 Å². The minimum Gasteiger partial charge on any atom is -0.375 e. The Balaban J connectivity index is 1.91. The van der Waals surface area contributed by atoms with Crippen LogP contribution in [0.1, 0.15) is 6.42 Å². The molecule has 2 fully saturated rings. The molecule has 2 aliphatic rings. The van der Waals surface area contributed by atoms with Crippen LogP contribution in [-0.4, -0.2) is 69.6 Å². The molecule has 6 nitrogen and oxygen atoms in total. The zero-order valence-electron chi connectivity index (χ0n) is 10.3. The molecule has 2 aliphatic heterocycles. The van der Waals surface area contributed by atoms with Crippen molar-refractivity contribution in [3.8, 4) is 0 Å². The summed E-state index contributed by atoms with van der Waals surface area (Å²) in [5, 5.41) is 16.9. The lowest BCUT2D eigenvalue weighted by Crippen LogP contribution is -2.57. The lowest BCUT2D eigenvalue weighted by Gasteiger charge is -2.39. The molecule has 0 aromatic heterocycles. The standard InChI is InChI=1S/C11H22N2O4/c1-15-11(14,10-8-13-3-5-17-10)6-9-7-12-2-4-16-9/h9-10,12-14H,2-8H2,1H3. The highest BCUT2D eigenvalue weighted by molar-refractivity contribution is 4.86. The highest BCUT2D eigenvalue weighted by Crippen LogP contribution is 2.24. The fraction of sp³-hybridized carbons (Fsp3) is 1.00. The predicted octanol–water partition coefficient (Wildman–Crippen LogP) is -1.31. The number of rotatable bonds is 4. The number of morpholine rings is 2. The van der Waals surface area contributed by atoms with Crippen LogP contribution in [-0.2, 0) is 14.2 Å². The largest absolute Gasteiger partial charge is 0.375 e. The molecular formula is C11H22N2O4. The van der Waals surface area contributed by atoms with Crippen molar-refractivity contribution in [2.45, 2.75) is 24.4 Å². The van der Waals surface area contributed by atoms with Gasteiger partial charge in [0.05, 0.1) is 19.3 Å². The van der Waals surface area contributed by atoms with E-state index in [9.17, 15) is 5.11 Å². The van der Waals surface area contributed by atoms with Gasteiger partial charge in [0.1, 0.15) is 6.10 Å². The van der Waals surface area contributed by atoms with Crippen LogP contribution in [0.2, 0.25) is 0 Å². The molecule has 0 aliphatic carbocycles. The van der Waals surface area contributed by atoms with E-state index in [1.165, 1.54) is 7.11 Å². The van der Waals surface area contributed by atoms with Crippen LogP contribution in [0.5, 0.6) is 0 Å². The minimum absolute atomic E-state index is 0.0285. The van der Waals surface area contributed by atoms with E-state index in [4.69, 9.17) is 14.2 Å². The maximum atomic E-state index is 10.5. The first-order chi connectivity index (χ1) is 8.24. The second-order valence-electron chi connectivity index (χ2n) is 4.51. The lowest BCUT2D eigenvalue weighted by atomic mass is 10.0. The molecule has 2 saturated heterocycles. The number of methoxy groups -OCH3 is 1. The fourth-order valence-electron chi connectivity index (χ4n) is 2.28. The first kappa shape index (κ1) is 13.2. The van der Waals surface area contributed by atoms with Gasteiger partial charge < -0.3 is 30.0 Å². The molecule has 3 N–H and O–H groups in total. The topological polar surface area (TPSA) is 72.0 Å². The SMILES string of the molecule is COC(O)(CC1CNCCO1)C1CNCCO1. The third-order valence-corrected chi connectivity index (χ3v) is 3.31. The van der Waals surface area contributed by atoms with Gasteiger partial charge in [-0.05, 0) is 0 Å². The van der Waals surface area contributed by atoms with Crippen molar-refractivity contribution in [1.82, 2.24) is 10.6 Å².